The molecule has 1 aliphatic rings. The van der Waals surface area contributed by atoms with E-state index in [0.717, 1.165) is 11.8 Å². The van der Waals surface area contributed by atoms with E-state index in [4.69, 9.17) is 0 Å². The molecule has 134 valence electrons. The van der Waals surface area contributed by atoms with Crippen LogP contribution in [0.3, 0.4) is 0 Å². The molecule has 26 heavy (non-hydrogen) atoms. The molecule has 1 amide bonds. The Hall–Kier alpha value is -3.00. The fourth-order valence-corrected chi connectivity index (χ4v) is 3.49. The van der Waals surface area contributed by atoms with E-state index < -0.39 is 5.91 Å². The maximum Gasteiger partial charge on any atom is 0.267 e. The molecule has 1 fully saturated rings. The molecule has 1 aliphatic carbocycles. The van der Waals surface area contributed by atoms with Crippen LogP contribution in [0.5, 0.6) is 5.75 Å². The second kappa shape index (κ2) is 7.92. The van der Waals surface area contributed by atoms with E-state index in [-0.39, 0.29) is 11.3 Å². The van der Waals surface area contributed by atoms with Crippen molar-refractivity contribution in [2.75, 3.05) is 5.32 Å². The van der Waals surface area contributed by atoms with Crippen LogP contribution in [0.25, 0.3) is 10.8 Å². The van der Waals surface area contributed by atoms with Crippen LogP contribution in [-0.2, 0) is 4.79 Å². The Kier molecular flexibility index (Phi) is 5.43. The van der Waals surface area contributed by atoms with E-state index >= 15 is 0 Å². The highest BCUT2D eigenvalue weighted by atomic mass is 16.3. The Balaban J connectivity index is 1.77. The zero-order chi connectivity index (χ0) is 18.5. The number of anilines is 1. The molecule has 2 aromatic carbocycles. The molecule has 2 atom stereocenters. The van der Waals surface area contributed by atoms with Gasteiger partial charge in [0, 0.05) is 28.7 Å². The number of phenolic OH excluding ortho intramolecular Hbond substituents is 1. The lowest BCUT2D eigenvalue weighted by Crippen LogP contribution is -2.34. The van der Waals surface area contributed by atoms with Crippen LogP contribution in [-0.4, -0.2) is 17.1 Å². The summed E-state index contributed by atoms with van der Waals surface area (Å²) in [6.07, 6.45) is 6.16. The number of amides is 1. The molecule has 0 saturated heterocycles. The molecule has 0 radical (unpaired) electrons. The molecule has 2 aromatic rings. The van der Waals surface area contributed by atoms with Gasteiger partial charge in [0.2, 0.25) is 0 Å². The van der Waals surface area contributed by atoms with Crippen LogP contribution in [0.1, 0.15) is 32.6 Å². The lowest BCUT2D eigenvalue weighted by atomic mass is 9.86. The molecular formula is C21H23N3O2. The first-order valence-corrected chi connectivity index (χ1v) is 8.98. The molecule has 0 aromatic heterocycles. The highest BCUT2D eigenvalue weighted by Gasteiger charge is 2.20. The van der Waals surface area contributed by atoms with Crippen LogP contribution in [0.2, 0.25) is 0 Å². The van der Waals surface area contributed by atoms with Crippen LogP contribution in [0.4, 0.5) is 5.69 Å². The van der Waals surface area contributed by atoms with Gasteiger partial charge in [0.15, 0.2) is 0 Å². The van der Waals surface area contributed by atoms with Crippen molar-refractivity contribution in [3.63, 3.8) is 0 Å². The largest absolute Gasteiger partial charge is 0.507 e. The number of rotatable bonds is 4. The van der Waals surface area contributed by atoms with Crippen LogP contribution in [0, 0.1) is 17.2 Å². The predicted molar refractivity (Wildman–Crippen MR) is 102 cm³/mol. The van der Waals surface area contributed by atoms with Gasteiger partial charge >= 0.3 is 0 Å². The van der Waals surface area contributed by atoms with Gasteiger partial charge in [0.05, 0.1) is 0 Å². The second-order valence-corrected chi connectivity index (χ2v) is 6.84. The number of aromatic hydroxyl groups is 1. The molecule has 5 heteroatoms. The fraction of sp³-hybridized carbons (Fsp3) is 0.333. The van der Waals surface area contributed by atoms with E-state index in [1.807, 2.05) is 12.1 Å². The van der Waals surface area contributed by atoms with Crippen molar-refractivity contribution in [2.24, 2.45) is 5.92 Å². The van der Waals surface area contributed by atoms with Gasteiger partial charge in [0.25, 0.3) is 5.91 Å². The van der Waals surface area contributed by atoms with Crippen molar-refractivity contribution in [3.8, 4) is 11.8 Å². The number of hydrogen-bond acceptors (Lipinski definition) is 4. The van der Waals surface area contributed by atoms with Crippen molar-refractivity contribution >= 4 is 22.4 Å². The quantitative estimate of drug-likeness (QED) is 0.574. The third kappa shape index (κ3) is 3.80. The van der Waals surface area contributed by atoms with Crippen LogP contribution >= 0.6 is 0 Å². The highest BCUT2D eigenvalue weighted by molar-refractivity contribution is 6.11. The highest BCUT2D eigenvalue weighted by Crippen LogP contribution is 2.30. The summed E-state index contributed by atoms with van der Waals surface area (Å²) in [4.78, 5) is 12.5. The van der Waals surface area contributed by atoms with E-state index in [1.54, 1.807) is 30.3 Å². The van der Waals surface area contributed by atoms with Crippen molar-refractivity contribution in [2.45, 2.75) is 38.6 Å². The summed E-state index contributed by atoms with van der Waals surface area (Å²) in [5.74, 6) is 0.228. The molecule has 3 N–H and O–H groups in total. The Morgan fingerprint density at radius 3 is 2.69 bits per heavy atom. The van der Waals surface area contributed by atoms with E-state index in [1.165, 1.54) is 25.5 Å². The third-order valence-electron chi connectivity index (χ3n) is 5.07. The van der Waals surface area contributed by atoms with E-state index in [0.29, 0.717) is 23.0 Å². The number of phenols is 1. The normalized spacial score (nSPS) is 20.4. The molecule has 0 spiro atoms. The average Bonchev–Trinajstić information content (AvgIpc) is 2.64. The molecule has 5 nitrogen and oxygen atoms in total. The van der Waals surface area contributed by atoms with E-state index in [2.05, 4.69) is 17.6 Å². The minimum absolute atomic E-state index is 0.0416. The number of hydrogen-bond donors (Lipinski definition) is 3. The number of fused-ring (bicyclic) bond motifs is 1. The minimum atomic E-state index is -0.459. The smallest absolute Gasteiger partial charge is 0.267 e. The lowest BCUT2D eigenvalue weighted by Gasteiger charge is -2.29. The number of carbonyl (C=O) groups excluding carboxylic acids is 1. The summed E-state index contributed by atoms with van der Waals surface area (Å²) in [7, 11) is 0. The molecule has 0 aliphatic heterocycles. The van der Waals surface area contributed by atoms with Gasteiger partial charge in [-0.3, -0.25) is 4.79 Å². The van der Waals surface area contributed by atoms with Crippen molar-refractivity contribution in [3.05, 3.63) is 48.2 Å². The van der Waals surface area contributed by atoms with Gasteiger partial charge in [-0.05, 0) is 30.9 Å². The maximum atomic E-state index is 12.5. The Labute approximate surface area is 153 Å². The average molecular weight is 349 g/mol. The number of nitriles is 1. The Morgan fingerprint density at radius 2 is 1.92 bits per heavy atom. The topological polar surface area (TPSA) is 85.2 Å². The number of nitrogens with one attached hydrogen (secondary N) is 2. The van der Waals surface area contributed by atoms with Gasteiger partial charge < -0.3 is 15.7 Å². The first kappa shape index (κ1) is 17.8. The van der Waals surface area contributed by atoms with Crippen molar-refractivity contribution < 1.29 is 9.90 Å². The summed E-state index contributed by atoms with van der Waals surface area (Å²) >= 11 is 0. The lowest BCUT2D eigenvalue weighted by molar-refractivity contribution is -0.112. The summed E-state index contributed by atoms with van der Waals surface area (Å²) in [6, 6.07) is 12.7. The first-order chi connectivity index (χ1) is 12.6. The van der Waals surface area contributed by atoms with Gasteiger partial charge in [-0.1, -0.05) is 44.0 Å². The zero-order valence-corrected chi connectivity index (χ0v) is 14.8. The van der Waals surface area contributed by atoms with Gasteiger partial charge in [-0.25, -0.2) is 0 Å². The molecule has 1 saturated carbocycles. The van der Waals surface area contributed by atoms with Gasteiger partial charge in [0.1, 0.15) is 17.4 Å². The zero-order valence-electron chi connectivity index (χ0n) is 14.8. The number of carbonyl (C=O) groups is 1. The molecule has 2 unspecified atom stereocenters. The number of benzene rings is 2. The van der Waals surface area contributed by atoms with Crippen LogP contribution in [0.15, 0.2) is 48.2 Å². The Bertz CT molecular complexity index is 882. The molecule has 0 heterocycles. The van der Waals surface area contributed by atoms with Crippen molar-refractivity contribution in [1.82, 2.24) is 5.32 Å². The SMILES string of the molecule is CC1CCCCC1N/C=C(/C#N)C(=O)Nc1cccc2c(O)cccc12. The van der Waals surface area contributed by atoms with E-state index in [9.17, 15) is 15.2 Å². The number of nitrogens with zero attached hydrogens (tertiary/aromatic N) is 1. The first-order valence-electron chi connectivity index (χ1n) is 8.98. The van der Waals surface area contributed by atoms with Crippen LogP contribution < -0.4 is 10.6 Å². The minimum Gasteiger partial charge on any atom is -0.507 e. The van der Waals surface area contributed by atoms with Gasteiger partial charge in [-0.15, -0.1) is 0 Å². The Morgan fingerprint density at radius 1 is 1.19 bits per heavy atom. The monoisotopic (exact) mass is 349 g/mol. The third-order valence-corrected chi connectivity index (χ3v) is 5.07. The van der Waals surface area contributed by atoms with Gasteiger partial charge in [-0.2, -0.15) is 5.26 Å². The molecular weight excluding hydrogens is 326 g/mol. The fourth-order valence-electron chi connectivity index (χ4n) is 3.49. The summed E-state index contributed by atoms with van der Waals surface area (Å²) in [6.45, 7) is 2.19. The standard InChI is InChI=1S/C21H23N3O2/c1-14-6-2-3-9-18(14)23-13-15(12-22)21(26)24-19-10-4-8-17-16(19)7-5-11-20(17)25/h4-5,7-8,10-11,13-14,18,23,25H,2-3,6,9H2,1H3,(H,24,26)/b15-13-. The molecule has 0 bridgehead atoms. The molecule has 3 rings (SSSR count). The summed E-state index contributed by atoms with van der Waals surface area (Å²) in [5, 5.41) is 26.7. The summed E-state index contributed by atoms with van der Waals surface area (Å²) < 4.78 is 0. The van der Waals surface area contributed by atoms with Crippen molar-refractivity contribution in [1.29, 1.82) is 5.26 Å². The predicted octanol–water partition coefficient (Wildman–Crippen LogP) is 4.06. The second-order valence-electron chi connectivity index (χ2n) is 6.84. The summed E-state index contributed by atoms with van der Waals surface area (Å²) in [5.41, 5.74) is 0.607. The maximum absolute atomic E-state index is 12.5.